The van der Waals surface area contributed by atoms with Crippen LogP contribution in [0.1, 0.15) is 30.6 Å². The molecule has 1 amide bonds. The van der Waals surface area contributed by atoms with E-state index in [2.05, 4.69) is 9.84 Å². The van der Waals surface area contributed by atoms with E-state index in [1.165, 1.54) is 22.9 Å². The predicted molar refractivity (Wildman–Crippen MR) is 92.3 cm³/mol. The zero-order valence-electron chi connectivity index (χ0n) is 14.6. The van der Waals surface area contributed by atoms with Crippen LogP contribution in [0.2, 0.25) is 0 Å². The molecule has 2 aromatic rings. The lowest BCUT2D eigenvalue weighted by Gasteiger charge is -2.16. The predicted octanol–water partition coefficient (Wildman–Crippen LogP) is 2.33. The second-order valence-electron chi connectivity index (χ2n) is 6.67. The van der Waals surface area contributed by atoms with Gasteiger partial charge in [-0.15, -0.1) is 5.10 Å². The van der Waals surface area contributed by atoms with Crippen LogP contribution in [-0.2, 0) is 9.53 Å². The Bertz CT molecular complexity index is 885. The highest BCUT2D eigenvalue weighted by Crippen LogP contribution is 2.37. The summed E-state index contributed by atoms with van der Waals surface area (Å²) in [6.45, 7) is 4.00. The standard InChI is InChI=1S/C17H18N4O5/c1-17(2)8-9-19(16(17)23)14-13(21(24)25)10-20(18-14)12-6-4-11(5-7-12)15(22)26-3/h4-7,10H,8-9H2,1-3H3. The zero-order chi connectivity index (χ0) is 19.1. The minimum atomic E-state index is -0.570. The first kappa shape index (κ1) is 17.6. The van der Waals surface area contributed by atoms with Gasteiger partial charge < -0.3 is 4.74 Å². The topological polar surface area (TPSA) is 108 Å². The molecule has 0 unspecified atom stereocenters. The Morgan fingerprint density at radius 2 is 1.96 bits per heavy atom. The number of carbonyl (C=O) groups is 2. The average molecular weight is 358 g/mol. The molecule has 136 valence electrons. The molecule has 0 spiro atoms. The zero-order valence-corrected chi connectivity index (χ0v) is 14.6. The molecule has 0 atom stereocenters. The highest BCUT2D eigenvalue weighted by molar-refractivity contribution is 6.00. The number of aromatic nitrogens is 2. The van der Waals surface area contributed by atoms with E-state index in [9.17, 15) is 19.7 Å². The van der Waals surface area contributed by atoms with Crippen molar-refractivity contribution in [3.63, 3.8) is 0 Å². The monoisotopic (exact) mass is 358 g/mol. The lowest BCUT2D eigenvalue weighted by molar-refractivity contribution is -0.384. The smallest absolute Gasteiger partial charge is 0.337 e. The molecule has 1 aromatic heterocycles. The number of ether oxygens (including phenoxy) is 1. The quantitative estimate of drug-likeness (QED) is 0.471. The fourth-order valence-electron chi connectivity index (χ4n) is 2.84. The van der Waals surface area contributed by atoms with Crippen LogP contribution < -0.4 is 4.90 Å². The fourth-order valence-corrected chi connectivity index (χ4v) is 2.84. The average Bonchev–Trinajstić information content (AvgIpc) is 3.16. The van der Waals surface area contributed by atoms with Crippen LogP contribution in [0.25, 0.3) is 5.69 Å². The molecule has 0 N–H and O–H groups in total. The van der Waals surface area contributed by atoms with Crippen molar-refractivity contribution in [2.75, 3.05) is 18.6 Å². The van der Waals surface area contributed by atoms with Crippen LogP contribution in [-0.4, -0.2) is 40.2 Å². The molecule has 2 heterocycles. The van der Waals surface area contributed by atoms with Crippen LogP contribution in [0.4, 0.5) is 11.5 Å². The molecule has 0 bridgehead atoms. The first-order valence-corrected chi connectivity index (χ1v) is 7.99. The first-order valence-electron chi connectivity index (χ1n) is 7.99. The minimum Gasteiger partial charge on any atom is -0.465 e. The third-order valence-electron chi connectivity index (χ3n) is 4.47. The lowest BCUT2D eigenvalue weighted by Crippen LogP contribution is -2.31. The van der Waals surface area contributed by atoms with Gasteiger partial charge >= 0.3 is 11.7 Å². The lowest BCUT2D eigenvalue weighted by atomic mass is 9.92. The van der Waals surface area contributed by atoms with E-state index in [0.29, 0.717) is 24.2 Å². The van der Waals surface area contributed by atoms with Crippen molar-refractivity contribution in [1.82, 2.24) is 9.78 Å². The second-order valence-corrected chi connectivity index (χ2v) is 6.67. The van der Waals surface area contributed by atoms with Gasteiger partial charge in [-0.3, -0.25) is 19.8 Å². The summed E-state index contributed by atoms with van der Waals surface area (Å²) in [7, 11) is 1.29. The molecular formula is C17H18N4O5. The summed E-state index contributed by atoms with van der Waals surface area (Å²) < 4.78 is 5.97. The number of benzene rings is 1. The number of rotatable bonds is 4. The normalized spacial score (nSPS) is 16.0. The van der Waals surface area contributed by atoms with Crippen molar-refractivity contribution < 1.29 is 19.2 Å². The molecular weight excluding hydrogens is 340 g/mol. The van der Waals surface area contributed by atoms with Gasteiger partial charge in [0, 0.05) is 12.0 Å². The minimum absolute atomic E-state index is 0.0302. The fraction of sp³-hybridized carbons (Fsp3) is 0.353. The Morgan fingerprint density at radius 3 is 2.46 bits per heavy atom. The highest BCUT2D eigenvalue weighted by atomic mass is 16.6. The molecule has 0 saturated carbocycles. The number of nitro groups is 1. The van der Waals surface area contributed by atoms with Gasteiger partial charge in [0.2, 0.25) is 11.7 Å². The third-order valence-corrected chi connectivity index (χ3v) is 4.47. The molecule has 1 aliphatic rings. The van der Waals surface area contributed by atoms with Crippen LogP contribution in [0.5, 0.6) is 0 Å². The van der Waals surface area contributed by atoms with Gasteiger partial charge in [-0.1, -0.05) is 13.8 Å². The van der Waals surface area contributed by atoms with Crippen LogP contribution in [0.3, 0.4) is 0 Å². The van der Waals surface area contributed by atoms with Crippen molar-refractivity contribution in [2.24, 2.45) is 5.41 Å². The van der Waals surface area contributed by atoms with Crippen molar-refractivity contribution in [1.29, 1.82) is 0 Å². The van der Waals surface area contributed by atoms with Crippen LogP contribution >= 0.6 is 0 Å². The Morgan fingerprint density at radius 1 is 1.31 bits per heavy atom. The molecule has 26 heavy (non-hydrogen) atoms. The van der Waals surface area contributed by atoms with Crippen molar-refractivity contribution >= 4 is 23.4 Å². The summed E-state index contributed by atoms with van der Waals surface area (Å²) in [6.07, 6.45) is 1.87. The number of hydrogen-bond acceptors (Lipinski definition) is 6. The maximum Gasteiger partial charge on any atom is 0.337 e. The maximum atomic E-state index is 12.5. The van der Waals surface area contributed by atoms with Crippen molar-refractivity contribution in [3.8, 4) is 5.69 Å². The van der Waals surface area contributed by atoms with Gasteiger partial charge in [-0.2, -0.15) is 0 Å². The Labute approximate surface area is 149 Å². The van der Waals surface area contributed by atoms with Crippen LogP contribution in [0, 0.1) is 15.5 Å². The number of methoxy groups -OCH3 is 1. The van der Waals surface area contributed by atoms with Crippen molar-refractivity contribution in [3.05, 3.63) is 46.1 Å². The number of anilines is 1. The molecule has 3 rings (SSSR count). The number of nitrogens with zero attached hydrogens (tertiary/aromatic N) is 4. The molecule has 0 radical (unpaired) electrons. The first-order chi connectivity index (χ1) is 12.2. The third kappa shape index (κ3) is 2.92. The van der Waals surface area contributed by atoms with Gasteiger partial charge in [0.25, 0.3) is 0 Å². The van der Waals surface area contributed by atoms with Crippen molar-refractivity contribution in [2.45, 2.75) is 20.3 Å². The SMILES string of the molecule is COC(=O)c1ccc(-n2cc([N+](=O)[O-])c(N3CCC(C)(C)C3=O)n2)cc1. The summed E-state index contributed by atoms with van der Waals surface area (Å²) in [5.41, 5.74) is 0.0698. The maximum absolute atomic E-state index is 12.5. The summed E-state index contributed by atoms with van der Waals surface area (Å²) >= 11 is 0. The Hall–Kier alpha value is -3.23. The second kappa shape index (κ2) is 6.25. The number of carbonyl (C=O) groups excluding carboxylic acids is 2. The van der Waals surface area contributed by atoms with Gasteiger partial charge in [-0.25, -0.2) is 9.48 Å². The summed E-state index contributed by atoms with van der Waals surface area (Å²) in [6, 6.07) is 6.28. The number of amides is 1. The number of esters is 1. The van der Waals surface area contributed by atoms with Gasteiger partial charge in [0.05, 0.1) is 23.3 Å². The molecule has 1 fully saturated rings. The van der Waals surface area contributed by atoms with E-state index >= 15 is 0 Å². The molecule has 9 heteroatoms. The largest absolute Gasteiger partial charge is 0.465 e. The molecule has 9 nitrogen and oxygen atoms in total. The Kier molecular flexibility index (Phi) is 4.23. The van der Waals surface area contributed by atoms with Gasteiger partial charge in [-0.05, 0) is 30.7 Å². The van der Waals surface area contributed by atoms with E-state index in [0.717, 1.165) is 0 Å². The molecule has 1 aliphatic heterocycles. The molecule has 1 aromatic carbocycles. The highest BCUT2D eigenvalue weighted by Gasteiger charge is 2.43. The number of hydrogen-bond donors (Lipinski definition) is 0. The Balaban J connectivity index is 1.99. The van der Waals surface area contributed by atoms with E-state index < -0.39 is 16.3 Å². The van der Waals surface area contributed by atoms with E-state index in [4.69, 9.17) is 0 Å². The van der Waals surface area contributed by atoms with Gasteiger partial charge in [0.1, 0.15) is 6.20 Å². The summed E-state index contributed by atoms with van der Waals surface area (Å²) in [5, 5.41) is 15.7. The summed E-state index contributed by atoms with van der Waals surface area (Å²) in [5.74, 6) is -0.636. The van der Waals surface area contributed by atoms with E-state index in [1.807, 2.05) is 13.8 Å². The van der Waals surface area contributed by atoms with E-state index in [-0.39, 0.29) is 17.4 Å². The van der Waals surface area contributed by atoms with Crippen LogP contribution in [0.15, 0.2) is 30.5 Å². The molecule has 1 saturated heterocycles. The summed E-state index contributed by atoms with van der Waals surface area (Å²) in [4.78, 5) is 36.2. The van der Waals surface area contributed by atoms with E-state index in [1.54, 1.807) is 24.3 Å². The van der Waals surface area contributed by atoms with Gasteiger partial charge in [0.15, 0.2) is 0 Å². The molecule has 0 aliphatic carbocycles.